The predicted molar refractivity (Wildman–Crippen MR) is 230 cm³/mol. The molecular weight excluding hydrogens is 701 g/mol. The molecule has 12 aromatic rings. The van der Waals surface area contributed by atoms with Gasteiger partial charge in [-0.1, -0.05) is 140 Å². The Bertz CT molecular complexity index is 3530. The van der Waals surface area contributed by atoms with Gasteiger partial charge in [-0.3, -0.25) is 0 Å². The zero-order valence-electron chi connectivity index (χ0n) is 30.4. The Morgan fingerprint density at radius 2 is 1.00 bits per heavy atom. The summed E-state index contributed by atoms with van der Waals surface area (Å²) >= 11 is 0. The lowest BCUT2D eigenvalue weighted by Gasteiger charge is -2.13. The first kappa shape index (κ1) is 31.5. The molecule has 4 aromatic heterocycles. The first-order chi connectivity index (χ1) is 28.3. The number of rotatable bonds is 5. The molecule has 0 aliphatic rings. The molecule has 0 amide bonds. The fourth-order valence-electron chi connectivity index (χ4n) is 8.51. The topological polar surface area (TPSA) is 69.9 Å². The molecule has 0 aliphatic heterocycles. The quantitative estimate of drug-likeness (QED) is 0.176. The van der Waals surface area contributed by atoms with Crippen molar-refractivity contribution >= 4 is 65.7 Å². The number of hydrogen-bond donors (Lipinski definition) is 0. The van der Waals surface area contributed by atoms with Crippen molar-refractivity contribution in [3.05, 3.63) is 182 Å². The lowest BCUT2D eigenvalue weighted by molar-refractivity contribution is 0.666. The summed E-state index contributed by atoms with van der Waals surface area (Å²) in [6.07, 6.45) is 0. The van der Waals surface area contributed by atoms with Gasteiger partial charge in [0.15, 0.2) is 23.1 Å². The molecule has 266 valence electrons. The van der Waals surface area contributed by atoms with Crippen molar-refractivity contribution in [2.24, 2.45) is 0 Å². The van der Waals surface area contributed by atoms with E-state index in [-0.39, 0.29) is 0 Å². The van der Waals surface area contributed by atoms with Gasteiger partial charge in [0.05, 0.1) is 16.7 Å². The first-order valence-corrected chi connectivity index (χ1v) is 19.0. The number of hydrogen-bond acceptors (Lipinski definition) is 5. The predicted octanol–water partition coefficient (Wildman–Crippen LogP) is 13.4. The van der Waals surface area contributed by atoms with Crippen LogP contribution in [-0.4, -0.2) is 19.5 Å². The van der Waals surface area contributed by atoms with Crippen molar-refractivity contribution in [3.8, 4) is 51.0 Å². The van der Waals surface area contributed by atoms with Crippen LogP contribution in [0.25, 0.3) is 117 Å². The minimum absolute atomic E-state index is 0.572. The number of furan rings is 2. The highest BCUT2D eigenvalue weighted by Crippen LogP contribution is 2.42. The van der Waals surface area contributed by atoms with E-state index in [2.05, 4.69) is 120 Å². The van der Waals surface area contributed by atoms with Crippen molar-refractivity contribution in [1.29, 1.82) is 0 Å². The van der Waals surface area contributed by atoms with Crippen LogP contribution in [0.4, 0.5) is 0 Å². The fraction of sp³-hybridized carbons (Fsp3) is 0. The number of aromatic nitrogens is 4. The monoisotopic (exact) mass is 730 g/mol. The lowest BCUT2D eigenvalue weighted by Crippen LogP contribution is -2.02. The van der Waals surface area contributed by atoms with E-state index >= 15 is 0 Å². The molecule has 0 aliphatic carbocycles. The van der Waals surface area contributed by atoms with Gasteiger partial charge in [0, 0.05) is 49.0 Å². The third-order valence-corrected chi connectivity index (χ3v) is 11.1. The molecule has 6 nitrogen and oxygen atoms in total. The van der Waals surface area contributed by atoms with Crippen molar-refractivity contribution < 1.29 is 8.83 Å². The normalized spacial score (nSPS) is 11.9. The summed E-state index contributed by atoms with van der Waals surface area (Å²) in [6, 6.07) is 62.5. The molecule has 8 aromatic carbocycles. The maximum absolute atomic E-state index is 6.86. The maximum atomic E-state index is 6.86. The standard InChI is InChI=1S/C51H30N4O2/c1-3-14-31(15-4-1)33-28-29-35-37-21-12-25-42(48(37)57-45(35)30-33)55-41-24-9-7-18-34(41)36-20-11-23-40(47(36)55)51-53-49(32-16-5-2-6-17-32)52-50(54-51)39-22-13-27-44-46(39)38-19-8-10-26-43(38)56-44/h1-30H. The molecular formula is C51H30N4O2. The van der Waals surface area contributed by atoms with Crippen LogP contribution in [0.5, 0.6) is 0 Å². The third-order valence-electron chi connectivity index (χ3n) is 11.1. The van der Waals surface area contributed by atoms with Crippen LogP contribution in [0.3, 0.4) is 0 Å². The Kier molecular flexibility index (Phi) is 6.83. The molecule has 0 saturated heterocycles. The molecule has 0 radical (unpaired) electrons. The van der Waals surface area contributed by atoms with Crippen molar-refractivity contribution in [3.63, 3.8) is 0 Å². The van der Waals surface area contributed by atoms with E-state index in [1.165, 1.54) is 0 Å². The smallest absolute Gasteiger partial charge is 0.166 e. The van der Waals surface area contributed by atoms with Crippen molar-refractivity contribution in [2.45, 2.75) is 0 Å². The average Bonchev–Trinajstić information content (AvgIpc) is 3.96. The molecule has 0 fully saturated rings. The summed E-state index contributed by atoms with van der Waals surface area (Å²) in [7, 11) is 0. The Balaban J connectivity index is 1.14. The van der Waals surface area contributed by atoms with E-state index in [9.17, 15) is 0 Å². The van der Waals surface area contributed by atoms with Crippen LogP contribution in [0.15, 0.2) is 191 Å². The Morgan fingerprint density at radius 1 is 0.368 bits per heavy atom. The highest BCUT2D eigenvalue weighted by Gasteiger charge is 2.23. The molecule has 6 heteroatoms. The SMILES string of the molecule is c1ccc(-c2ccc3c(c2)oc2c(-n4c5ccccc5c5cccc(-c6nc(-c7ccccc7)nc(-c7cccc8oc9ccccc9c78)n6)c54)cccc23)cc1. The van der Waals surface area contributed by atoms with E-state index in [1.54, 1.807) is 0 Å². The number of nitrogens with zero attached hydrogens (tertiary/aromatic N) is 4. The van der Waals surface area contributed by atoms with Gasteiger partial charge in [0.1, 0.15) is 16.7 Å². The second kappa shape index (κ2) is 12.3. The van der Waals surface area contributed by atoms with Gasteiger partial charge in [0.2, 0.25) is 0 Å². The molecule has 0 atom stereocenters. The Hall–Kier alpha value is -7.83. The molecule has 57 heavy (non-hydrogen) atoms. The minimum atomic E-state index is 0.572. The van der Waals surface area contributed by atoms with E-state index < -0.39 is 0 Å². The average molecular weight is 731 g/mol. The highest BCUT2D eigenvalue weighted by atomic mass is 16.3. The van der Waals surface area contributed by atoms with Gasteiger partial charge in [-0.25, -0.2) is 15.0 Å². The summed E-state index contributed by atoms with van der Waals surface area (Å²) < 4.78 is 15.5. The molecule has 0 spiro atoms. The summed E-state index contributed by atoms with van der Waals surface area (Å²) in [6.45, 7) is 0. The highest BCUT2D eigenvalue weighted by molar-refractivity contribution is 6.16. The minimum Gasteiger partial charge on any atom is -0.456 e. The molecule has 0 saturated carbocycles. The lowest BCUT2D eigenvalue weighted by atomic mass is 10.0. The van der Waals surface area contributed by atoms with Crippen LogP contribution in [0.1, 0.15) is 0 Å². The van der Waals surface area contributed by atoms with Gasteiger partial charge in [0.25, 0.3) is 0 Å². The van der Waals surface area contributed by atoms with Crippen LogP contribution in [0, 0.1) is 0 Å². The summed E-state index contributed by atoms with van der Waals surface area (Å²) in [5.74, 6) is 1.74. The van der Waals surface area contributed by atoms with E-state index in [1.807, 2.05) is 66.7 Å². The van der Waals surface area contributed by atoms with E-state index in [0.29, 0.717) is 17.5 Å². The number of fused-ring (bicyclic) bond motifs is 9. The fourth-order valence-corrected chi connectivity index (χ4v) is 8.51. The molecule has 0 unspecified atom stereocenters. The maximum Gasteiger partial charge on any atom is 0.166 e. The van der Waals surface area contributed by atoms with Gasteiger partial charge < -0.3 is 13.4 Å². The number of benzene rings is 8. The van der Waals surface area contributed by atoms with Crippen LogP contribution < -0.4 is 0 Å². The molecule has 0 bridgehead atoms. The number of para-hydroxylation sites is 4. The summed E-state index contributed by atoms with van der Waals surface area (Å²) in [5, 5.41) is 6.34. The van der Waals surface area contributed by atoms with Crippen LogP contribution >= 0.6 is 0 Å². The van der Waals surface area contributed by atoms with Crippen LogP contribution in [-0.2, 0) is 0 Å². The Morgan fingerprint density at radius 3 is 1.86 bits per heavy atom. The Labute approximate surface area is 325 Å². The third kappa shape index (κ3) is 4.87. The summed E-state index contributed by atoms with van der Waals surface area (Å²) in [4.78, 5) is 15.7. The van der Waals surface area contributed by atoms with Crippen molar-refractivity contribution in [1.82, 2.24) is 19.5 Å². The van der Waals surface area contributed by atoms with Gasteiger partial charge in [-0.2, -0.15) is 0 Å². The summed E-state index contributed by atoms with van der Waals surface area (Å²) in [5.41, 5.74) is 11.2. The van der Waals surface area contributed by atoms with E-state index in [4.69, 9.17) is 23.8 Å². The second-order valence-corrected chi connectivity index (χ2v) is 14.3. The molecule has 4 heterocycles. The van der Waals surface area contributed by atoms with Crippen molar-refractivity contribution in [2.75, 3.05) is 0 Å². The van der Waals surface area contributed by atoms with E-state index in [0.717, 1.165) is 99.2 Å². The first-order valence-electron chi connectivity index (χ1n) is 19.0. The van der Waals surface area contributed by atoms with Gasteiger partial charge in [-0.05, 0) is 53.6 Å². The molecule has 12 rings (SSSR count). The van der Waals surface area contributed by atoms with Gasteiger partial charge in [-0.15, -0.1) is 0 Å². The second-order valence-electron chi connectivity index (χ2n) is 14.3. The zero-order valence-corrected chi connectivity index (χ0v) is 30.4. The largest absolute Gasteiger partial charge is 0.456 e. The zero-order chi connectivity index (χ0) is 37.5. The molecule has 0 N–H and O–H groups in total. The van der Waals surface area contributed by atoms with Crippen LogP contribution in [0.2, 0.25) is 0 Å². The van der Waals surface area contributed by atoms with Gasteiger partial charge >= 0.3 is 0 Å².